The fourth-order valence-corrected chi connectivity index (χ4v) is 7.31. The van der Waals surface area contributed by atoms with Gasteiger partial charge in [-0.15, -0.1) is 0 Å². The summed E-state index contributed by atoms with van der Waals surface area (Å²) in [5.74, 6) is 0.387. The van der Waals surface area contributed by atoms with Gasteiger partial charge in [0, 0.05) is 49.4 Å². The van der Waals surface area contributed by atoms with Gasteiger partial charge in [0.1, 0.15) is 0 Å². The van der Waals surface area contributed by atoms with E-state index in [9.17, 15) is 6.85 Å². The van der Waals surface area contributed by atoms with Crippen LogP contribution in [0, 0.1) is 0 Å². The lowest BCUT2D eigenvalue weighted by Crippen LogP contribution is -1.97. The van der Waals surface area contributed by atoms with Crippen molar-refractivity contribution in [1.82, 2.24) is 19.1 Å². The summed E-state index contributed by atoms with van der Waals surface area (Å²) in [4.78, 5) is 9.97. The minimum absolute atomic E-state index is 0.0704. The average molecular weight is 704 g/mol. The van der Waals surface area contributed by atoms with Crippen molar-refractivity contribution in [3.05, 3.63) is 194 Å². The number of hydrogen-bond acceptors (Lipinski definition) is 2. The van der Waals surface area contributed by atoms with E-state index < -0.39 is 96.3 Å². The molecule has 11 rings (SSSR count). The Bertz CT molecular complexity index is 4030. The summed E-state index contributed by atoms with van der Waals surface area (Å²) in [5, 5.41) is 0.245. The SMILES string of the molecule is [2H]c1c([2H])c([2H])c(-n2c3c([2H])c([2H])c([2H])c([2H])c3c3c4c5c([2H])c([2H])c([2H])c([2H])c5n(-c5ccc(-c6nc(-c7ccc(-c8ccccc8)cc7)c7ccccc7n6)cc5)c4c([2H])c([2H])c32)c([2H])c1[2H]. The minimum atomic E-state index is -0.752. The van der Waals surface area contributed by atoms with E-state index in [0.717, 1.165) is 26.6 Å². The van der Waals surface area contributed by atoms with Crippen molar-refractivity contribution in [1.29, 1.82) is 0 Å². The molecule has 252 valence electrons. The smallest absolute Gasteiger partial charge is 0.160 e. The molecule has 0 unspecified atom stereocenters. The van der Waals surface area contributed by atoms with Crippen molar-refractivity contribution >= 4 is 54.5 Å². The van der Waals surface area contributed by atoms with Crippen LogP contribution in [0.4, 0.5) is 0 Å². The molecule has 4 nitrogen and oxygen atoms in total. The molecule has 3 heterocycles. The van der Waals surface area contributed by atoms with Gasteiger partial charge in [0.25, 0.3) is 0 Å². The van der Waals surface area contributed by atoms with Gasteiger partial charge in [-0.25, -0.2) is 9.97 Å². The summed E-state index contributed by atoms with van der Waals surface area (Å²) in [6.07, 6.45) is 0. The molecule has 0 spiro atoms. The number of para-hydroxylation sites is 4. The third-order valence-corrected chi connectivity index (χ3v) is 9.72. The van der Waals surface area contributed by atoms with Gasteiger partial charge in [0.05, 0.1) is 53.8 Å². The normalized spacial score (nSPS) is 15.6. The van der Waals surface area contributed by atoms with Crippen molar-refractivity contribution in [2.75, 3.05) is 0 Å². The second kappa shape index (κ2) is 12.1. The molecule has 0 amide bonds. The van der Waals surface area contributed by atoms with Gasteiger partial charge in [-0.2, -0.15) is 0 Å². The largest absolute Gasteiger partial charge is 0.309 e. The van der Waals surface area contributed by atoms with Crippen LogP contribution in [0.5, 0.6) is 0 Å². The fraction of sp³-hybridized carbons (Fsp3) is 0. The van der Waals surface area contributed by atoms with Crippen molar-refractivity contribution in [3.63, 3.8) is 0 Å². The lowest BCUT2D eigenvalue weighted by atomic mass is 10.0. The van der Waals surface area contributed by atoms with Crippen molar-refractivity contribution < 1.29 is 20.6 Å². The Balaban J connectivity index is 1.20. The second-order valence-corrected chi connectivity index (χ2v) is 12.7. The van der Waals surface area contributed by atoms with Crippen LogP contribution >= 0.6 is 0 Å². The number of rotatable bonds is 5. The predicted molar refractivity (Wildman–Crippen MR) is 225 cm³/mol. The summed E-state index contributed by atoms with van der Waals surface area (Å²) in [5.41, 5.74) is 3.83. The summed E-state index contributed by atoms with van der Waals surface area (Å²) >= 11 is 0. The summed E-state index contributed by atoms with van der Waals surface area (Å²) in [7, 11) is 0. The third-order valence-electron chi connectivity index (χ3n) is 9.72. The average Bonchev–Trinajstić information content (AvgIpc) is 3.91. The van der Waals surface area contributed by atoms with Gasteiger partial charge in [0.2, 0.25) is 0 Å². The molecule has 0 aliphatic carbocycles. The first-order valence-electron chi connectivity index (χ1n) is 24.6. The summed E-state index contributed by atoms with van der Waals surface area (Å²) in [6.45, 7) is 0. The monoisotopic (exact) mass is 703 g/mol. The molecule has 0 bridgehead atoms. The Hall–Kier alpha value is -7.30. The van der Waals surface area contributed by atoms with E-state index in [1.807, 2.05) is 78.9 Å². The van der Waals surface area contributed by atoms with E-state index in [4.69, 9.17) is 23.7 Å². The zero-order valence-electron chi connectivity index (χ0n) is 43.1. The highest BCUT2D eigenvalue weighted by Crippen LogP contribution is 2.42. The van der Waals surface area contributed by atoms with Crippen LogP contribution < -0.4 is 0 Å². The Morgan fingerprint density at radius 2 is 0.907 bits per heavy atom. The molecule has 0 atom stereocenters. The van der Waals surface area contributed by atoms with Crippen LogP contribution in [0.1, 0.15) is 20.6 Å². The van der Waals surface area contributed by atoms with E-state index in [1.54, 1.807) is 24.3 Å². The molecule has 11 aromatic rings. The first-order valence-corrected chi connectivity index (χ1v) is 17.1. The van der Waals surface area contributed by atoms with Crippen molar-refractivity contribution in [3.8, 4) is 45.1 Å². The van der Waals surface area contributed by atoms with Crippen LogP contribution in [-0.2, 0) is 0 Å². The van der Waals surface area contributed by atoms with Crippen molar-refractivity contribution in [2.45, 2.75) is 0 Å². The maximum atomic E-state index is 9.69. The number of fused-ring (bicyclic) bond motifs is 8. The van der Waals surface area contributed by atoms with Crippen LogP contribution in [0.3, 0.4) is 0 Å². The van der Waals surface area contributed by atoms with Crippen LogP contribution in [0.15, 0.2) is 194 Å². The molecule has 0 aliphatic rings. The first kappa shape index (κ1) is 19.0. The summed E-state index contributed by atoms with van der Waals surface area (Å²) in [6, 6.07) is 22.7. The molecule has 0 aliphatic heterocycles. The van der Waals surface area contributed by atoms with Gasteiger partial charge in [-0.1, -0.05) is 127 Å². The third kappa shape index (κ3) is 4.70. The van der Waals surface area contributed by atoms with Gasteiger partial charge >= 0.3 is 0 Å². The molecule has 0 fully saturated rings. The van der Waals surface area contributed by atoms with Gasteiger partial charge < -0.3 is 9.13 Å². The molecular formula is C50H32N4. The quantitative estimate of drug-likeness (QED) is 0.179. The van der Waals surface area contributed by atoms with Gasteiger partial charge in [0.15, 0.2) is 5.82 Å². The Morgan fingerprint density at radius 1 is 0.370 bits per heavy atom. The molecular weight excluding hydrogens is 657 g/mol. The molecule has 0 N–H and O–H groups in total. The Labute approximate surface area is 332 Å². The van der Waals surface area contributed by atoms with Crippen LogP contribution in [0.25, 0.3) is 99.7 Å². The highest BCUT2D eigenvalue weighted by molar-refractivity contribution is 6.28. The van der Waals surface area contributed by atoms with E-state index in [2.05, 4.69) is 0 Å². The maximum Gasteiger partial charge on any atom is 0.160 e. The number of aromatic nitrogens is 4. The zero-order chi connectivity index (χ0) is 48.6. The molecule has 4 heteroatoms. The van der Waals surface area contributed by atoms with E-state index in [1.165, 1.54) is 4.57 Å². The maximum absolute atomic E-state index is 9.69. The standard InChI is InChI=1S/C50H32N4/c1-3-13-33(14-4-1)34-23-25-35(26-24-34)49-39-17-7-10-20-42(39)51-50(52-49)36-27-29-38(30-28-36)54-44-22-12-9-19-41(44)48-46(54)32-31-45-47(48)40-18-8-11-21-43(40)53(45)37-15-5-2-6-16-37/h1-32H/i2D,5D,6D,8D,9D,11D,12D,15D,16D,18D,19D,21D,22D,31D,32D. The van der Waals surface area contributed by atoms with Crippen molar-refractivity contribution in [2.24, 2.45) is 0 Å². The molecule has 8 aromatic carbocycles. The lowest BCUT2D eigenvalue weighted by Gasteiger charge is -2.12. The predicted octanol–water partition coefficient (Wildman–Crippen LogP) is 12.8. The molecule has 0 saturated heterocycles. The van der Waals surface area contributed by atoms with E-state index in [-0.39, 0.29) is 43.6 Å². The fourth-order valence-electron chi connectivity index (χ4n) is 7.31. The summed E-state index contributed by atoms with van der Waals surface area (Å²) < 4.78 is 137. The van der Waals surface area contributed by atoms with Gasteiger partial charge in [-0.3, -0.25) is 0 Å². The number of hydrogen-bond donors (Lipinski definition) is 0. The number of nitrogens with zero attached hydrogens (tertiary/aromatic N) is 4. The van der Waals surface area contributed by atoms with Crippen LogP contribution in [0.2, 0.25) is 0 Å². The molecule has 3 aromatic heterocycles. The zero-order valence-corrected chi connectivity index (χ0v) is 28.1. The number of benzene rings is 8. The minimum Gasteiger partial charge on any atom is -0.309 e. The molecule has 0 radical (unpaired) electrons. The Morgan fingerprint density at radius 3 is 1.59 bits per heavy atom. The van der Waals surface area contributed by atoms with E-state index in [0.29, 0.717) is 28.3 Å². The van der Waals surface area contributed by atoms with E-state index >= 15 is 0 Å². The Kier molecular flexibility index (Phi) is 4.27. The van der Waals surface area contributed by atoms with Gasteiger partial charge in [-0.05, 0) is 77.7 Å². The molecule has 0 saturated carbocycles. The highest BCUT2D eigenvalue weighted by atomic mass is 15.0. The topological polar surface area (TPSA) is 35.6 Å². The van der Waals surface area contributed by atoms with Crippen LogP contribution in [-0.4, -0.2) is 19.1 Å². The second-order valence-electron chi connectivity index (χ2n) is 12.7. The first-order chi connectivity index (χ1) is 33.0. The highest BCUT2D eigenvalue weighted by Gasteiger charge is 2.20. The lowest BCUT2D eigenvalue weighted by molar-refractivity contribution is 1.17. The molecule has 54 heavy (non-hydrogen) atoms.